The molecule has 0 amide bonds. The lowest BCUT2D eigenvalue weighted by Crippen LogP contribution is -1.43. The second-order valence-electron chi connectivity index (χ2n) is 0.630. The number of rotatable bonds is 0. The normalized spacial score (nSPS) is 5.00. The average Bonchev–Trinajstić information content (AvgIpc) is 1.88. The zero-order chi connectivity index (χ0) is 6.83. The Balaban J connectivity index is 0. The minimum Gasteiger partial charge on any atom is -0.260 e. The van der Waals surface area contributed by atoms with E-state index in [9.17, 15) is 0 Å². The largest absolute Gasteiger partial charge is 0.260 e. The molecule has 8 heavy (non-hydrogen) atoms. The van der Waals surface area contributed by atoms with Crippen LogP contribution in [0.4, 0.5) is 0 Å². The van der Waals surface area contributed by atoms with Gasteiger partial charge in [0, 0.05) is 0 Å². The highest BCUT2D eigenvalue weighted by Crippen LogP contribution is 1.24. The Morgan fingerprint density at radius 2 is 1.12 bits per heavy atom. The zero-order valence-electron chi connectivity index (χ0n) is 4.71. The number of carbonyl (C=O) groups excluding carboxylic acids is 2. The Morgan fingerprint density at radius 1 is 1.00 bits per heavy atom. The van der Waals surface area contributed by atoms with E-state index in [0.717, 1.165) is 0 Å². The summed E-state index contributed by atoms with van der Waals surface area (Å²) in [6.07, 6.45) is 2.73. The molecule has 0 aliphatic carbocycles. The van der Waals surface area contributed by atoms with Gasteiger partial charge in [0.25, 0.3) is 0 Å². The lowest BCUT2D eigenvalue weighted by atomic mass is 11.7. The maximum atomic E-state index is 8.92. The highest BCUT2D eigenvalue weighted by atomic mass is 28.2. The lowest BCUT2D eigenvalue weighted by Gasteiger charge is -1.36. The summed E-state index contributed by atoms with van der Waals surface area (Å²) in [6, 6.07) is 0. The molecule has 0 heterocycles. The molecule has 0 aliphatic heterocycles. The van der Waals surface area contributed by atoms with Crippen molar-refractivity contribution in [1.82, 2.24) is 0 Å². The fourth-order valence-electron chi connectivity index (χ4n) is 0. The Morgan fingerprint density at radius 3 is 1.12 bits per heavy atom. The van der Waals surface area contributed by atoms with Gasteiger partial charge in [0.05, 0.1) is 0 Å². The van der Waals surface area contributed by atoms with Crippen LogP contribution >= 0.6 is 0 Å². The van der Waals surface area contributed by atoms with Gasteiger partial charge in [-0.1, -0.05) is 0 Å². The van der Waals surface area contributed by atoms with Gasteiger partial charge in [0.15, 0.2) is 20.8 Å². The molecule has 44 valence electrons. The molecule has 0 aliphatic rings. The molecule has 0 aromatic carbocycles. The molecular formula is C2H6N2O2Si2. The molecule has 4 nitrogen and oxygen atoms in total. The van der Waals surface area contributed by atoms with Crippen LogP contribution < -0.4 is 0 Å². The van der Waals surface area contributed by atoms with E-state index in [1.54, 1.807) is 0 Å². The van der Waals surface area contributed by atoms with Crippen LogP contribution in [-0.2, 0) is 9.59 Å². The van der Waals surface area contributed by atoms with E-state index < -0.39 is 0 Å². The van der Waals surface area contributed by atoms with Crippen LogP contribution in [0.15, 0.2) is 9.32 Å². The molecule has 0 fully saturated rings. The van der Waals surface area contributed by atoms with E-state index >= 15 is 0 Å². The summed E-state index contributed by atoms with van der Waals surface area (Å²) in [4.78, 5) is 17.8. The van der Waals surface area contributed by atoms with Crippen LogP contribution in [0, 0.1) is 0 Å². The smallest absolute Gasteiger partial charge is 0.223 e. The third-order valence-electron chi connectivity index (χ3n) is 0.183. The predicted molar refractivity (Wildman–Crippen MR) is 36.1 cm³/mol. The van der Waals surface area contributed by atoms with Crippen LogP contribution in [0.5, 0.6) is 0 Å². The molecule has 0 saturated carbocycles. The second kappa shape index (κ2) is 16.4. The van der Waals surface area contributed by atoms with E-state index in [4.69, 9.17) is 9.59 Å². The molecule has 0 N–H and O–H groups in total. The van der Waals surface area contributed by atoms with Gasteiger partial charge in [-0.2, -0.15) is 0 Å². The van der Waals surface area contributed by atoms with Crippen molar-refractivity contribution >= 4 is 33.0 Å². The van der Waals surface area contributed by atoms with Gasteiger partial charge in [-0.05, 0) is 0 Å². The minimum absolute atomic E-state index is 0.591. The van der Waals surface area contributed by atoms with Crippen LogP contribution in [0.25, 0.3) is 0 Å². The molecule has 0 bridgehead atoms. The molecule has 0 aromatic heterocycles. The van der Waals surface area contributed by atoms with Gasteiger partial charge >= 0.3 is 0 Å². The van der Waals surface area contributed by atoms with Crippen molar-refractivity contribution in [3.63, 3.8) is 0 Å². The van der Waals surface area contributed by atoms with E-state index in [1.165, 1.54) is 12.2 Å². The molecular weight excluding hydrogens is 140 g/mol. The van der Waals surface area contributed by atoms with Gasteiger partial charge in [-0.25, -0.2) is 9.59 Å². The van der Waals surface area contributed by atoms with Gasteiger partial charge < -0.3 is 0 Å². The Bertz CT molecular complexity index is 108. The lowest BCUT2D eigenvalue weighted by molar-refractivity contribution is 0.565. The van der Waals surface area contributed by atoms with Crippen molar-refractivity contribution in [2.24, 2.45) is 9.32 Å². The van der Waals surface area contributed by atoms with Crippen LogP contribution in [0.3, 0.4) is 0 Å². The first-order chi connectivity index (χ1) is 3.83. The second-order valence-corrected chi connectivity index (χ2v) is 1.52. The summed E-state index contributed by atoms with van der Waals surface area (Å²) < 4.78 is 6.14. The van der Waals surface area contributed by atoms with E-state index in [2.05, 4.69) is 9.32 Å². The molecule has 0 spiro atoms. The summed E-state index contributed by atoms with van der Waals surface area (Å²) in [5, 5.41) is 0. The first kappa shape index (κ1) is 10.2. The first-order valence-corrected chi connectivity index (χ1v) is 3.54. The standard InChI is InChI=1S/2CH3NOSi/c2*3-1-2-4/h2*4H3. The van der Waals surface area contributed by atoms with Crippen LogP contribution in [0.2, 0.25) is 0 Å². The van der Waals surface area contributed by atoms with Crippen molar-refractivity contribution < 1.29 is 9.59 Å². The highest BCUT2D eigenvalue weighted by Gasteiger charge is 1.30. The number of hydrogen-bond donors (Lipinski definition) is 0. The van der Waals surface area contributed by atoms with E-state index in [1.807, 2.05) is 0 Å². The average molecular weight is 146 g/mol. The van der Waals surface area contributed by atoms with Gasteiger partial charge in [0.2, 0.25) is 12.2 Å². The molecule has 0 atom stereocenters. The van der Waals surface area contributed by atoms with Crippen molar-refractivity contribution in [1.29, 1.82) is 0 Å². The number of nitrogens with zero attached hydrogens (tertiary/aromatic N) is 2. The van der Waals surface area contributed by atoms with Gasteiger partial charge in [-0.3, -0.25) is 9.32 Å². The predicted octanol–water partition coefficient (Wildman–Crippen LogP) is -2.79. The highest BCUT2D eigenvalue weighted by molar-refractivity contribution is 6.08. The fourth-order valence-corrected chi connectivity index (χ4v) is 0. The minimum atomic E-state index is 0.591. The summed E-state index contributed by atoms with van der Waals surface area (Å²) in [5.41, 5.74) is 0. The Labute approximate surface area is 52.7 Å². The summed E-state index contributed by atoms with van der Waals surface area (Å²) in [7, 11) is 1.18. The van der Waals surface area contributed by atoms with Gasteiger partial charge in [0.1, 0.15) is 0 Å². The molecule has 6 heteroatoms. The topological polar surface area (TPSA) is 58.9 Å². The third-order valence-corrected chi connectivity index (χ3v) is 0.548. The monoisotopic (exact) mass is 146 g/mol. The van der Waals surface area contributed by atoms with Gasteiger partial charge in [-0.15, -0.1) is 0 Å². The molecule has 0 rings (SSSR count). The Kier molecular flexibility index (Phi) is 20.9. The number of hydrogen-bond acceptors (Lipinski definition) is 4. The zero-order valence-corrected chi connectivity index (χ0v) is 8.71. The summed E-state index contributed by atoms with van der Waals surface area (Å²) in [5.74, 6) is 0. The summed E-state index contributed by atoms with van der Waals surface area (Å²) in [6.45, 7) is 0. The molecule has 0 unspecified atom stereocenters. The quantitative estimate of drug-likeness (QED) is 0.211. The van der Waals surface area contributed by atoms with Crippen LogP contribution in [0.1, 0.15) is 0 Å². The maximum absolute atomic E-state index is 8.92. The maximum Gasteiger partial charge on any atom is 0.223 e. The Hall–Kier alpha value is -0.806. The third kappa shape index (κ3) is 64.1. The molecule has 0 radical (unpaired) electrons. The van der Waals surface area contributed by atoms with Crippen molar-refractivity contribution in [3.05, 3.63) is 0 Å². The SMILES string of the molecule is O=C=N[SiH3].O=C=N[SiH3]. The van der Waals surface area contributed by atoms with Crippen molar-refractivity contribution in [2.45, 2.75) is 0 Å². The summed E-state index contributed by atoms with van der Waals surface area (Å²) >= 11 is 0. The van der Waals surface area contributed by atoms with E-state index in [0.29, 0.717) is 20.8 Å². The first-order valence-electron chi connectivity index (χ1n) is 1.75. The molecule has 0 saturated heterocycles. The fraction of sp³-hybridized carbons (Fsp3) is 0. The number of isocyanates is 2. The van der Waals surface area contributed by atoms with Crippen LogP contribution in [-0.4, -0.2) is 33.0 Å². The molecule has 0 aromatic rings. The van der Waals surface area contributed by atoms with E-state index in [-0.39, 0.29) is 0 Å². The van der Waals surface area contributed by atoms with Crippen molar-refractivity contribution in [2.75, 3.05) is 0 Å². The van der Waals surface area contributed by atoms with Crippen molar-refractivity contribution in [3.8, 4) is 0 Å².